The zero-order valence-corrected chi connectivity index (χ0v) is 9.80. The third kappa shape index (κ3) is 2.74. The summed E-state index contributed by atoms with van der Waals surface area (Å²) < 4.78 is 0. The van der Waals surface area contributed by atoms with Gasteiger partial charge in [-0.1, -0.05) is 64.7 Å². The van der Waals surface area contributed by atoms with Crippen LogP contribution in [0.5, 0.6) is 0 Å². The highest BCUT2D eigenvalue weighted by Crippen LogP contribution is 2.37. The lowest BCUT2D eigenvalue weighted by Gasteiger charge is -2.33. The Morgan fingerprint density at radius 1 is 0.786 bits per heavy atom. The number of rotatable bonds is 2. The van der Waals surface area contributed by atoms with Crippen molar-refractivity contribution in [2.75, 3.05) is 0 Å². The summed E-state index contributed by atoms with van der Waals surface area (Å²) in [5.74, 6) is 3.23. The highest BCUT2D eigenvalue weighted by atomic mass is 14.3. The van der Waals surface area contributed by atoms with E-state index in [2.05, 4.69) is 6.92 Å². The van der Waals surface area contributed by atoms with Crippen LogP contribution in [0.3, 0.4) is 0 Å². The van der Waals surface area contributed by atoms with Gasteiger partial charge in [-0.05, 0) is 24.2 Å². The van der Waals surface area contributed by atoms with Crippen molar-refractivity contribution in [3.8, 4) is 0 Å². The van der Waals surface area contributed by atoms with Gasteiger partial charge in [0.05, 0.1) is 0 Å². The lowest BCUT2D eigenvalue weighted by molar-refractivity contribution is 0.189. The molecule has 2 aliphatic rings. The second-order valence-electron chi connectivity index (χ2n) is 5.76. The molecule has 0 aromatic carbocycles. The van der Waals surface area contributed by atoms with Gasteiger partial charge < -0.3 is 0 Å². The SMILES string of the molecule is C[C@@H]1CCCC[C@@H]1CC1CCCCC1. The van der Waals surface area contributed by atoms with Crippen molar-refractivity contribution in [2.24, 2.45) is 17.8 Å². The summed E-state index contributed by atoms with van der Waals surface area (Å²) in [6, 6.07) is 0. The van der Waals surface area contributed by atoms with Crippen LogP contribution in [0, 0.1) is 17.8 Å². The number of hydrogen-bond donors (Lipinski definition) is 0. The van der Waals surface area contributed by atoms with Crippen molar-refractivity contribution in [2.45, 2.75) is 71.1 Å². The Morgan fingerprint density at radius 2 is 1.43 bits per heavy atom. The van der Waals surface area contributed by atoms with Gasteiger partial charge in [-0.15, -0.1) is 0 Å². The summed E-state index contributed by atoms with van der Waals surface area (Å²) >= 11 is 0. The Balaban J connectivity index is 1.76. The van der Waals surface area contributed by atoms with Gasteiger partial charge >= 0.3 is 0 Å². The van der Waals surface area contributed by atoms with Crippen molar-refractivity contribution >= 4 is 0 Å². The predicted molar refractivity (Wildman–Crippen MR) is 62.3 cm³/mol. The maximum Gasteiger partial charge on any atom is -0.0386 e. The molecule has 0 radical (unpaired) electrons. The molecule has 0 aliphatic heterocycles. The van der Waals surface area contributed by atoms with E-state index >= 15 is 0 Å². The summed E-state index contributed by atoms with van der Waals surface area (Å²) in [5, 5.41) is 0. The molecular weight excluding hydrogens is 168 g/mol. The fourth-order valence-electron chi connectivity index (χ4n) is 3.59. The first kappa shape index (κ1) is 10.5. The maximum absolute atomic E-state index is 2.49. The van der Waals surface area contributed by atoms with Gasteiger partial charge in [0, 0.05) is 0 Å². The highest BCUT2D eigenvalue weighted by Gasteiger charge is 2.25. The van der Waals surface area contributed by atoms with Crippen molar-refractivity contribution in [1.82, 2.24) is 0 Å². The van der Waals surface area contributed by atoms with Crippen LogP contribution >= 0.6 is 0 Å². The minimum atomic E-state index is 1.03. The molecule has 0 unspecified atom stereocenters. The van der Waals surface area contributed by atoms with Crippen LogP contribution < -0.4 is 0 Å². The first-order valence-electron chi connectivity index (χ1n) is 6.86. The standard InChI is InChI=1S/C14H26/c1-12-7-5-6-10-14(12)11-13-8-3-2-4-9-13/h12-14H,2-11H2,1H3/t12-,14-/m1/s1. The molecule has 82 valence electrons. The molecule has 0 bridgehead atoms. The molecule has 2 atom stereocenters. The van der Waals surface area contributed by atoms with Gasteiger partial charge in [0.15, 0.2) is 0 Å². The fraction of sp³-hybridized carbons (Fsp3) is 1.00. The lowest BCUT2D eigenvalue weighted by Crippen LogP contribution is -2.21. The van der Waals surface area contributed by atoms with Crippen molar-refractivity contribution in [3.63, 3.8) is 0 Å². The predicted octanol–water partition coefficient (Wildman–Crippen LogP) is 4.78. The number of hydrogen-bond acceptors (Lipinski definition) is 0. The van der Waals surface area contributed by atoms with Crippen LogP contribution in [0.1, 0.15) is 71.1 Å². The summed E-state index contributed by atoms with van der Waals surface area (Å²) in [7, 11) is 0. The summed E-state index contributed by atoms with van der Waals surface area (Å²) in [4.78, 5) is 0. The normalized spacial score (nSPS) is 35.8. The monoisotopic (exact) mass is 194 g/mol. The molecule has 0 saturated heterocycles. The van der Waals surface area contributed by atoms with Crippen LogP contribution in [0.15, 0.2) is 0 Å². The molecule has 0 nitrogen and oxygen atoms in total. The smallest absolute Gasteiger partial charge is 0.0386 e. The molecule has 0 amide bonds. The van der Waals surface area contributed by atoms with E-state index in [1.807, 2.05) is 0 Å². The van der Waals surface area contributed by atoms with Gasteiger partial charge in [0.25, 0.3) is 0 Å². The topological polar surface area (TPSA) is 0 Å². The summed E-state index contributed by atoms with van der Waals surface area (Å²) in [6.45, 7) is 2.49. The molecule has 14 heavy (non-hydrogen) atoms. The molecule has 2 fully saturated rings. The molecule has 0 aromatic heterocycles. The van der Waals surface area contributed by atoms with Crippen molar-refractivity contribution < 1.29 is 0 Å². The van der Waals surface area contributed by atoms with Crippen molar-refractivity contribution in [3.05, 3.63) is 0 Å². The van der Waals surface area contributed by atoms with E-state index in [0.29, 0.717) is 0 Å². The average molecular weight is 194 g/mol. The molecule has 2 rings (SSSR count). The largest absolute Gasteiger partial charge is 0.0622 e. The molecule has 2 aliphatic carbocycles. The zero-order valence-electron chi connectivity index (χ0n) is 9.80. The Kier molecular flexibility index (Phi) is 3.89. The van der Waals surface area contributed by atoms with Crippen LogP contribution in [0.25, 0.3) is 0 Å². The highest BCUT2D eigenvalue weighted by molar-refractivity contribution is 4.76. The molecule has 0 heterocycles. The van der Waals surface area contributed by atoms with E-state index in [1.165, 1.54) is 44.9 Å². The minimum absolute atomic E-state index is 1.03. The molecule has 0 heteroatoms. The van der Waals surface area contributed by atoms with Crippen LogP contribution in [-0.4, -0.2) is 0 Å². The maximum atomic E-state index is 2.49. The molecule has 0 aromatic rings. The van der Waals surface area contributed by atoms with E-state index in [9.17, 15) is 0 Å². The third-order valence-electron chi connectivity index (χ3n) is 4.65. The van der Waals surface area contributed by atoms with Crippen molar-refractivity contribution in [1.29, 1.82) is 0 Å². The first-order valence-corrected chi connectivity index (χ1v) is 6.86. The quantitative estimate of drug-likeness (QED) is 0.593. The Labute approximate surface area is 89.5 Å². The third-order valence-corrected chi connectivity index (χ3v) is 4.65. The summed E-state index contributed by atoms with van der Waals surface area (Å²) in [5.41, 5.74) is 0. The van der Waals surface area contributed by atoms with Gasteiger partial charge in [-0.2, -0.15) is 0 Å². The van der Waals surface area contributed by atoms with E-state index in [0.717, 1.165) is 17.8 Å². The molecule has 0 N–H and O–H groups in total. The lowest BCUT2D eigenvalue weighted by atomic mass is 9.73. The van der Waals surface area contributed by atoms with E-state index in [-0.39, 0.29) is 0 Å². The minimum Gasteiger partial charge on any atom is -0.0622 e. The van der Waals surface area contributed by atoms with Crippen LogP contribution in [-0.2, 0) is 0 Å². The Morgan fingerprint density at radius 3 is 2.14 bits per heavy atom. The van der Waals surface area contributed by atoms with Crippen LogP contribution in [0.4, 0.5) is 0 Å². The average Bonchev–Trinajstić information content (AvgIpc) is 2.23. The first-order chi connectivity index (χ1) is 6.86. The van der Waals surface area contributed by atoms with E-state index in [4.69, 9.17) is 0 Å². The molecule has 2 saturated carbocycles. The fourth-order valence-corrected chi connectivity index (χ4v) is 3.59. The summed E-state index contributed by atoms with van der Waals surface area (Å²) in [6.07, 6.45) is 15.3. The Hall–Kier alpha value is 0. The van der Waals surface area contributed by atoms with Gasteiger partial charge in [0.1, 0.15) is 0 Å². The zero-order chi connectivity index (χ0) is 9.80. The van der Waals surface area contributed by atoms with E-state index < -0.39 is 0 Å². The van der Waals surface area contributed by atoms with Gasteiger partial charge in [-0.3, -0.25) is 0 Å². The second-order valence-corrected chi connectivity index (χ2v) is 5.76. The second kappa shape index (κ2) is 5.19. The van der Waals surface area contributed by atoms with E-state index in [1.54, 1.807) is 19.3 Å². The van der Waals surface area contributed by atoms with Gasteiger partial charge in [-0.25, -0.2) is 0 Å². The molecular formula is C14H26. The van der Waals surface area contributed by atoms with Crippen LogP contribution in [0.2, 0.25) is 0 Å². The van der Waals surface area contributed by atoms with Gasteiger partial charge in [0.2, 0.25) is 0 Å². The Bertz CT molecular complexity index is 155. The molecule has 0 spiro atoms.